The van der Waals surface area contributed by atoms with Crippen LogP contribution in [-0.2, 0) is 16.2 Å². The summed E-state index contributed by atoms with van der Waals surface area (Å²) in [5, 5.41) is 6.95. The molecule has 1 aromatic carbocycles. The van der Waals surface area contributed by atoms with Gasteiger partial charge in [0, 0.05) is 23.9 Å². The number of aryl methyl sites for hydroxylation is 1. The number of alkyl halides is 3. The minimum atomic E-state index is -4.64. The molecule has 16 heteroatoms. The Kier molecular flexibility index (Phi) is 7.91. The molecule has 3 heterocycles. The van der Waals surface area contributed by atoms with Gasteiger partial charge in [-0.2, -0.15) is 23.1 Å². The highest BCUT2D eigenvalue weighted by atomic mass is 32.2. The highest BCUT2D eigenvalue weighted by molar-refractivity contribution is 7.93. The molecule has 0 saturated carbocycles. The lowest BCUT2D eigenvalue weighted by Crippen LogP contribution is -2.31. The Hall–Kier alpha value is -4.34. The number of benzene rings is 1. The van der Waals surface area contributed by atoms with E-state index in [1.165, 1.54) is 45.7 Å². The Morgan fingerprint density at radius 2 is 1.65 bits per heavy atom. The maximum Gasteiger partial charge on any atom is 0.416 e. The van der Waals surface area contributed by atoms with Crippen molar-refractivity contribution in [1.29, 1.82) is 0 Å². The molecule has 0 amide bonds. The van der Waals surface area contributed by atoms with Crippen LogP contribution in [0.4, 0.5) is 19.1 Å². The molecule has 0 aliphatic carbocycles. The average Bonchev–Trinajstić information content (AvgIpc) is 3.33. The zero-order valence-corrected chi connectivity index (χ0v) is 22.8. The fourth-order valence-electron chi connectivity index (χ4n) is 3.79. The highest BCUT2D eigenvalue weighted by Gasteiger charge is 2.34. The Labute approximate surface area is 227 Å². The third-order valence-electron chi connectivity index (χ3n) is 6.17. The summed E-state index contributed by atoms with van der Waals surface area (Å²) in [7, 11) is -1.58. The van der Waals surface area contributed by atoms with E-state index in [4.69, 9.17) is 9.47 Å². The number of methoxy groups -OCH3 is 2. The van der Waals surface area contributed by atoms with E-state index in [0.29, 0.717) is 11.4 Å². The number of rotatable bonds is 9. The third kappa shape index (κ3) is 5.66. The van der Waals surface area contributed by atoms with Crippen LogP contribution >= 0.6 is 0 Å². The summed E-state index contributed by atoms with van der Waals surface area (Å²) in [6, 6.07) is 4.33. The van der Waals surface area contributed by atoms with Crippen LogP contribution < -0.4 is 14.2 Å². The summed E-state index contributed by atoms with van der Waals surface area (Å²) < 4.78 is 81.7. The maximum absolute atomic E-state index is 13.5. The van der Waals surface area contributed by atoms with Crippen molar-refractivity contribution < 1.29 is 31.1 Å². The molecule has 12 nitrogen and oxygen atoms in total. The first-order valence-electron chi connectivity index (χ1n) is 11.7. The van der Waals surface area contributed by atoms with Gasteiger partial charge in [-0.05, 0) is 26.0 Å². The van der Waals surface area contributed by atoms with E-state index in [0.717, 1.165) is 23.0 Å². The fourth-order valence-corrected chi connectivity index (χ4v) is 5.04. The molecule has 0 radical (unpaired) electrons. The molecule has 1 N–H and O–H groups in total. The lowest BCUT2D eigenvalue weighted by atomic mass is 10.1. The normalized spacial score (nSPS) is 13.5. The van der Waals surface area contributed by atoms with E-state index < -0.39 is 32.9 Å². The molecular weight excluding hydrogens is 553 g/mol. The zero-order valence-electron chi connectivity index (χ0n) is 22.0. The molecule has 4 aromatic rings. The van der Waals surface area contributed by atoms with E-state index in [1.807, 2.05) is 0 Å². The molecule has 212 valence electrons. The number of halogens is 3. The Balaban J connectivity index is 1.86. The highest BCUT2D eigenvalue weighted by Crippen LogP contribution is 2.37. The monoisotopic (exact) mass is 578 g/mol. The standard InChI is InChI=1S/C24H25F3N8O4S/c1-13-10-29-18(11-28-13)14(2)15(3)40(36,37)34-23-33-32-20(16-7-6-8-17(9-16)24(25,26)27)35(23)19-21(38-4)30-12-31-22(19)39-5/h6-12,14-15H,1-5H3,(H,33,34)/t14-,15-/m0/s1. The quantitative estimate of drug-likeness (QED) is 0.311. The fraction of sp³-hybridized carbons (Fsp3) is 0.333. The minimum Gasteiger partial charge on any atom is -0.479 e. The molecule has 0 bridgehead atoms. The topological polar surface area (TPSA) is 147 Å². The molecule has 3 aromatic heterocycles. The summed E-state index contributed by atoms with van der Waals surface area (Å²) in [6.45, 7) is 4.92. The van der Waals surface area contributed by atoms with Crippen LogP contribution in [0.15, 0.2) is 43.0 Å². The molecule has 0 unspecified atom stereocenters. The number of ether oxygens (including phenoxy) is 2. The summed E-state index contributed by atoms with van der Waals surface area (Å²) in [6.07, 6.45) is -0.464. The summed E-state index contributed by atoms with van der Waals surface area (Å²) in [5.41, 5.74) is 0.138. The van der Waals surface area contributed by atoms with Crippen molar-refractivity contribution >= 4 is 16.0 Å². The first kappa shape index (κ1) is 28.7. The van der Waals surface area contributed by atoms with Gasteiger partial charge >= 0.3 is 6.18 Å². The van der Waals surface area contributed by atoms with Crippen molar-refractivity contribution in [3.63, 3.8) is 0 Å². The molecule has 4 rings (SSSR count). The molecule has 0 saturated heterocycles. The second-order valence-electron chi connectivity index (χ2n) is 8.73. The van der Waals surface area contributed by atoms with Crippen molar-refractivity contribution in [3.05, 3.63) is 59.9 Å². The smallest absolute Gasteiger partial charge is 0.416 e. The van der Waals surface area contributed by atoms with Gasteiger partial charge in [0.1, 0.15) is 6.33 Å². The van der Waals surface area contributed by atoms with E-state index >= 15 is 0 Å². The molecule has 0 aliphatic rings. The number of nitrogens with one attached hydrogen (secondary N) is 1. The number of aromatic nitrogens is 7. The van der Waals surface area contributed by atoms with Crippen LogP contribution in [-0.4, -0.2) is 62.6 Å². The summed E-state index contributed by atoms with van der Waals surface area (Å²) >= 11 is 0. The Bertz CT molecular complexity index is 1590. The van der Waals surface area contributed by atoms with Gasteiger partial charge in [0.25, 0.3) is 0 Å². The van der Waals surface area contributed by atoms with E-state index in [9.17, 15) is 21.6 Å². The predicted octanol–water partition coefficient (Wildman–Crippen LogP) is 3.79. The van der Waals surface area contributed by atoms with Crippen LogP contribution in [0.1, 0.15) is 36.7 Å². The van der Waals surface area contributed by atoms with Crippen molar-refractivity contribution in [1.82, 2.24) is 34.7 Å². The van der Waals surface area contributed by atoms with E-state index in [2.05, 4.69) is 34.9 Å². The molecule has 2 atom stereocenters. The molecule has 40 heavy (non-hydrogen) atoms. The van der Waals surface area contributed by atoms with Crippen LogP contribution in [0.3, 0.4) is 0 Å². The van der Waals surface area contributed by atoms with Crippen molar-refractivity contribution in [2.75, 3.05) is 18.9 Å². The third-order valence-corrected chi connectivity index (χ3v) is 8.03. The minimum absolute atomic E-state index is 0.0166. The van der Waals surface area contributed by atoms with Crippen molar-refractivity contribution in [2.45, 2.75) is 38.1 Å². The van der Waals surface area contributed by atoms with Gasteiger partial charge in [0.2, 0.25) is 27.7 Å². The Morgan fingerprint density at radius 1 is 0.975 bits per heavy atom. The van der Waals surface area contributed by atoms with E-state index in [-0.39, 0.29) is 34.8 Å². The van der Waals surface area contributed by atoms with Crippen LogP contribution in [0.2, 0.25) is 0 Å². The average molecular weight is 579 g/mol. The number of anilines is 1. The van der Waals surface area contributed by atoms with Crippen LogP contribution in [0.25, 0.3) is 17.1 Å². The largest absolute Gasteiger partial charge is 0.479 e. The number of sulfonamides is 1. The van der Waals surface area contributed by atoms with Crippen molar-refractivity contribution in [2.24, 2.45) is 0 Å². The van der Waals surface area contributed by atoms with Gasteiger partial charge in [0.15, 0.2) is 11.5 Å². The lowest BCUT2D eigenvalue weighted by molar-refractivity contribution is -0.137. The first-order valence-corrected chi connectivity index (χ1v) is 13.3. The van der Waals surface area contributed by atoms with Crippen molar-refractivity contribution in [3.8, 4) is 28.8 Å². The number of hydrogen-bond acceptors (Lipinski definition) is 10. The van der Waals surface area contributed by atoms with Gasteiger partial charge < -0.3 is 9.47 Å². The SMILES string of the molecule is COc1ncnc(OC)c1-n1c(NS(=O)(=O)[C@@H](C)[C@H](C)c2cnc(C)cn2)nnc1-c1cccc(C(F)(F)F)c1. The van der Waals surface area contributed by atoms with E-state index in [1.54, 1.807) is 13.8 Å². The first-order chi connectivity index (χ1) is 18.9. The second kappa shape index (κ2) is 11.0. The summed E-state index contributed by atoms with van der Waals surface area (Å²) in [4.78, 5) is 16.5. The van der Waals surface area contributed by atoms with Gasteiger partial charge in [-0.3, -0.25) is 19.3 Å². The van der Waals surface area contributed by atoms with Crippen LogP contribution in [0.5, 0.6) is 11.8 Å². The zero-order chi connectivity index (χ0) is 29.2. The van der Waals surface area contributed by atoms with Gasteiger partial charge in [0.05, 0.1) is 36.4 Å². The molecule has 0 fully saturated rings. The second-order valence-corrected chi connectivity index (χ2v) is 10.8. The molecule has 0 spiro atoms. The lowest BCUT2D eigenvalue weighted by Gasteiger charge is -2.21. The molecule has 0 aliphatic heterocycles. The number of hydrogen-bond donors (Lipinski definition) is 1. The number of nitrogens with zero attached hydrogens (tertiary/aromatic N) is 7. The van der Waals surface area contributed by atoms with Gasteiger partial charge in [-0.25, -0.2) is 8.42 Å². The van der Waals surface area contributed by atoms with Gasteiger partial charge in [-0.1, -0.05) is 19.1 Å². The Morgan fingerprint density at radius 3 is 2.23 bits per heavy atom. The molecular formula is C24H25F3N8O4S. The maximum atomic E-state index is 13.5. The van der Waals surface area contributed by atoms with Gasteiger partial charge in [-0.15, -0.1) is 10.2 Å². The summed E-state index contributed by atoms with van der Waals surface area (Å²) in [5.74, 6) is -1.24. The van der Waals surface area contributed by atoms with Crippen LogP contribution in [0, 0.1) is 6.92 Å². The predicted molar refractivity (Wildman–Crippen MR) is 138 cm³/mol.